The van der Waals surface area contributed by atoms with Crippen molar-refractivity contribution in [1.29, 1.82) is 0 Å². The molecule has 4 rings (SSSR count). The van der Waals surface area contributed by atoms with Gasteiger partial charge in [-0.2, -0.15) is 0 Å². The lowest BCUT2D eigenvalue weighted by molar-refractivity contribution is -0.164. The van der Waals surface area contributed by atoms with E-state index in [1.165, 1.54) is 7.11 Å². The zero-order valence-electron chi connectivity index (χ0n) is 30.4. The number of esters is 1. The highest BCUT2D eigenvalue weighted by Gasteiger charge is 2.76. The van der Waals surface area contributed by atoms with Crippen LogP contribution in [0.3, 0.4) is 0 Å². The van der Waals surface area contributed by atoms with Crippen LogP contribution < -0.4 is 5.32 Å². The maximum absolute atomic E-state index is 14.8. The van der Waals surface area contributed by atoms with Crippen molar-refractivity contribution in [2.45, 2.75) is 115 Å². The van der Waals surface area contributed by atoms with E-state index in [2.05, 4.69) is 25.4 Å². The standard InChI is InChI=1S/C39H57N3O8/c1-8-12-19-31(44)40-28(24-48-7)34(27-17-14-13-15-18-27)49-38(47)32-30-20-21-39(50-30)33(32)36(45)42(29(23-43)25(5)11-4)35(39)37(46)41(22-10-3)26(6)16-9-2/h8,10,13-15,17-18,25-26,28-30,32-35,43H,1,3,9,11-12,16,19-24H2,2,4-7H3,(H,40,44)/t25-,26?,28+,29-,30+,32-,33-,34+,35+,39-/m0/s1. The van der Waals surface area contributed by atoms with Gasteiger partial charge in [-0.05, 0) is 44.1 Å². The number of methoxy groups -OCH3 is 1. The summed E-state index contributed by atoms with van der Waals surface area (Å²) in [7, 11) is 1.51. The number of benzene rings is 1. The second kappa shape index (κ2) is 17.6. The molecule has 3 amide bonds. The van der Waals surface area contributed by atoms with Crippen molar-refractivity contribution in [3.8, 4) is 0 Å². The number of fused-ring (bicyclic) bond motifs is 1. The summed E-state index contributed by atoms with van der Waals surface area (Å²) in [6, 6.07) is 6.60. The molecule has 11 nitrogen and oxygen atoms in total. The molecule has 0 saturated carbocycles. The first-order chi connectivity index (χ1) is 24.0. The summed E-state index contributed by atoms with van der Waals surface area (Å²) >= 11 is 0. The van der Waals surface area contributed by atoms with Crippen LogP contribution in [0.25, 0.3) is 0 Å². The number of carbonyl (C=O) groups is 4. The van der Waals surface area contributed by atoms with Crippen molar-refractivity contribution in [2.24, 2.45) is 17.8 Å². The van der Waals surface area contributed by atoms with Crippen LogP contribution in [0.5, 0.6) is 0 Å². The number of carbonyl (C=O) groups excluding carboxylic acids is 4. The average Bonchev–Trinajstić information content (AvgIpc) is 3.76. The number of nitrogens with one attached hydrogen (secondary N) is 1. The summed E-state index contributed by atoms with van der Waals surface area (Å²) in [5.41, 5.74) is -0.609. The number of ether oxygens (including phenoxy) is 3. The Labute approximate surface area is 297 Å². The van der Waals surface area contributed by atoms with Crippen molar-refractivity contribution in [1.82, 2.24) is 15.1 Å². The van der Waals surface area contributed by atoms with Gasteiger partial charge in [0.15, 0.2) is 0 Å². The summed E-state index contributed by atoms with van der Waals surface area (Å²) < 4.78 is 18.5. The lowest BCUT2D eigenvalue weighted by Crippen LogP contribution is -2.60. The van der Waals surface area contributed by atoms with Crippen LogP contribution >= 0.6 is 0 Å². The molecule has 2 N–H and O–H groups in total. The Balaban J connectivity index is 1.75. The van der Waals surface area contributed by atoms with Gasteiger partial charge in [0.1, 0.15) is 17.7 Å². The summed E-state index contributed by atoms with van der Waals surface area (Å²) in [6.07, 6.45) is 5.66. The quantitative estimate of drug-likeness (QED) is 0.152. The number of amides is 3. The van der Waals surface area contributed by atoms with Crippen LogP contribution in [0.15, 0.2) is 55.6 Å². The second-order valence-electron chi connectivity index (χ2n) is 14.1. The van der Waals surface area contributed by atoms with Crippen LogP contribution in [0.4, 0.5) is 0 Å². The van der Waals surface area contributed by atoms with Crippen LogP contribution in [0.2, 0.25) is 0 Å². The summed E-state index contributed by atoms with van der Waals surface area (Å²) in [4.78, 5) is 60.3. The van der Waals surface area contributed by atoms with Crippen molar-refractivity contribution in [2.75, 3.05) is 26.9 Å². The van der Waals surface area contributed by atoms with E-state index in [0.717, 1.165) is 12.8 Å². The Kier molecular flexibility index (Phi) is 13.8. The molecule has 0 radical (unpaired) electrons. The molecule has 1 unspecified atom stereocenters. The van der Waals surface area contributed by atoms with Gasteiger partial charge in [-0.1, -0.05) is 76.1 Å². The fourth-order valence-electron chi connectivity index (χ4n) is 8.29. The molecule has 50 heavy (non-hydrogen) atoms. The van der Waals surface area contributed by atoms with Gasteiger partial charge in [-0.15, -0.1) is 13.2 Å². The minimum absolute atomic E-state index is 0.0656. The van der Waals surface area contributed by atoms with Crippen molar-refractivity contribution in [3.63, 3.8) is 0 Å². The zero-order valence-corrected chi connectivity index (χ0v) is 30.4. The van der Waals surface area contributed by atoms with Crippen LogP contribution in [-0.2, 0) is 33.4 Å². The van der Waals surface area contributed by atoms with Crippen molar-refractivity contribution in [3.05, 3.63) is 61.2 Å². The second-order valence-corrected chi connectivity index (χ2v) is 14.1. The molecule has 11 heteroatoms. The third kappa shape index (κ3) is 7.70. The van der Waals surface area contributed by atoms with E-state index >= 15 is 0 Å². The molecule has 0 aromatic heterocycles. The van der Waals surface area contributed by atoms with Gasteiger partial charge in [-0.25, -0.2) is 0 Å². The molecule has 10 atom stereocenters. The molecule has 3 fully saturated rings. The molecule has 1 aromatic rings. The molecular weight excluding hydrogens is 638 g/mol. The molecule has 1 spiro atoms. The number of hydrogen-bond donors (Lipinski definition) is 2. The van der Waals surface area contributed by atoms with E-state index < -0.39 is 53.7 Å². The largest absolute Gasteiger partial charge is 0.455 e. The number of hydrogen-bond acceptors (Lipinski definition) is 8. The first-order valence-corrected chi connectivity index (χ1v) is 18.2. The molecule has 3 saturated heterocycles. The number of aliphatic hydroxyl groups excluding tert-OH is 1. The topological polar surface area (TPSA) is 135 Å². The number of likely N-dealkylation sites (tertiary alicyclic amines) is 1. The number of allylic oxidation sites excluding steroid dienone is 1. The summed E-state index contributed by atoms with van der Waals surface area (Å²) in [5, 5.41) is 13.7. The molecule has 1 aromatic carbocycles. The zero-order chi connectivity index (χ0) is 36.6. The lowest BCUT2D eigenvalue weighted by Gasteiger charge is -2.42. The highest BCUT2D eigenvalue weighted by Crippen LogP contribution is 2.59. The van der Waals surface area contributed by atoms with E-state index in [-0.39, 0.29) is 49.3 Å². The molecule has 3 aliphatic rings. The van der Waals surface area contributed by atoms with Crippen LogP contribution in [-0.4, -0.2) is 101 Å². The van der Waals surface area contributed by atoms with E-state index in [1.807, 2.05) is 51.1 Å². The van der Waals surface area contributed by atoms with Gasteiger partial charge in [0.2, 0.25) is 17.7 Å². The number of rotatable bonds is 20. The highest BCUT2D eigenvalue weighted by atomic mass is 16.6. The number of nitrogens with zero attached hydrogens (tertiary/aromatic N) is 2. The molecule has 3 heterocycles. The van der Waals surface area contributed by atoms with E-state index in [9.17, 15) is 24.3 Å². The maximum Gasteiger partial charge on any atom is 0.313 e. The smallest absolute Gasteiger partial charge is 0.313 e. The number of aliphatic hydroxyl groups is 1. The summed E-state index contributed by atoms with van der Waals surface area (Å²) in [6.45, 7) is 15.6. The SMILES string of the molecule is C=CCCC(=O)N[C@H](COC)[C@H](OC(=O)[C@@H]1[C@H]2C(=O)N([C@@H](CO)[C@@H](C)CC)[C@H](C(=O)N(CC=C)C(C)CCC)[C@]23CC[C@H]1O3)c1ccccc1. The first kappa shape index (κ1) is 39.2. The lowest BCUT2D eigenvalue weighted by atomic mass is 9.70. The third-order valence-corrected chi connectivity index (χ3v) is 10.9. The highest BCUT2D eigenvalue weighted by molar-refractivity contribution is 5.98. The minimum Gasteiger partial charge on any atom is -0.455 e. The monoisotopic (exact) mass is 695 g/mol. The van der Waals surface area contributed by atoms with Crippen LogP contribution in [0.1, 0.15) is 84.3 Å². The molecule has 2 bridgehead atoms. The van der Waals surface area contributed by atoms with Crippen LogP contribution in [0, 0.1) is 17.8 Å². The Hall–Kier alpha value is -3.54. The van der Waals surface area contributed by atoms with Gasteiger partial charge >= 0.3 is 5.97 Å². The fraction of sp³-hybridized carbons (Fsp3) is 0.641. The predicted octanol–water partition coefficient (Wildman–Crippen LogP) is 4.35. The van der Waals surface area contributed by atoms with Gasteiger partial charge < -0.3 is 34.4 Å². The minimum atomic E-state index is -1.26. The Morgan fingerprint density at radius 1 is 1.18 bits per heavy atom. The Morgan fingerprint density at radius 3 is 2.50 bits per heavy atom. The molecule has 276 valence electrons. The molecular formula is C39H57N3O8. The van der Waals surface area contributed by atoms with E-state index in [1.54, 1.807) is 22.0 Å². The van der Waals surface area contributed by atoms with E-state index in [4.69, 9.17) is 14.2 Å². The first-order valence-electron chi connectivity index (χ1n) is 18.2. The summed E-state index contributed by atoms with van der Waals surface area (Å²) in [5.74, 6) is -3.61. The van der Waals surface area contributed by atoms with Gasteiger partial charge in [0, 0.05) is 26.1 Å². The van der Waals surface area contributed by atoms with Gasteiger partial charge in [-0.3, -0.25) is 19.2 Å². The normalized spacial score (nSPS) is 26.8. The van der Waals surface area contributed by atoms with Gasteiger partial charge in [0.25, 0.3) is 0 Å². The average molecular weight is 696 g/mol. The third-order valence-electron chi connectivity index (χ3n) is 10.9. The maximum atomic E-state index is 14.8. The van der Waals surface area contributed by atoms with Crippen molar-refractivity contribution >= 4 is 23.7 Å². The Bertz CT molecular complexity index is 1360. The van der Waals surface area contributed by atoms with Crippen molar-refractivity contribution < 1.29 is 38.5 Å². The Morgan fingerprint density at radius 2 is 1.90 bits per heavy atom. The molecule has 3 aliphatic heterocycles. The van der Waals surface area contributed by atoms with E-state index in [0.29, 0.717) is 37.8 Å². The predicted molar refractivity (Wildman–Crippen MR) is 190 cm³/mol. The van der Waals surface area contributed by atoms with Gasteiger partial charge in [0.05, 0.1) is 43.2 Å². The molecule has 0 aliphatic carbocycles. The fourth-order valence-corrected chi connectivity index (χ4v) is 8.29.